The summed E-state index contributed by atoms with van der Waals surface area (Å²) < 4.78 is 18.8. The zero-order chi connectivity index (χ0) is 20.5. The molecule has 1 saturated heterocycles. The Bertz CT molecular complexity index is 971. The Hall–Kier alpha value is -2.71. The van der Waals surface area contributed by atoms with Crippen LogP contribution >= 0.6 is 11.6 Å². The first-order valence-corrected chi connectivity index (χ1v) is 9.70. The van der Waals surface area contributed by atoms with Gasteiger partial charge in [0.05, 0.1) is 35.6 Å². The standard InChI is InChI=1S/C20H20ClFN4O3/c1-12-10-25(4-5-26(12)14-2-3-15(21)16(22)7-14)11-19(27)24-13-6-18-17(23-9-13)8-20(28)29-18/h2-3,6-7,9,12H,4-5,8,10-11H2,1H3,(H,24,27)/t12-/m1/s1. The number of hydrogen-bond donors (Lipinski definition) is 1. The number of pyridine rings is 1. The second kappa shape index (κ2) is 7.96. The summed E-state index contributed by atoms with van der Waals surface area (Å²) in [6.45, 7) is 4.27. The van der Waals surface area contributed by atoms with Crippen LogP contribution in [0.3, 0.4) is 0 Å². The zero-order valence-corrected chi connectivity index (χ0v) is 16.6. The number of carbonyl (C=O) groups excluding carboxylic acids is 2. The number of rotatable bonds is 4. The number of anilines is 2. The lowest BCUT2D eigenvalue weighted by Crippen LogP contribution is -2.53. The van der Waals surface area contributed by atoms with Gasteiger partial charge in [-0.2, -0.15) is 0 Å². The molecule has 0 unspecified atom stereocenters. The quantitative estimate of drug-likeness (QED) is 0.769. The summed E-state index contributed by atoms with van der Waals surface area (Å²) in [7, 11) is 0. The van der Waals surface area contributed by atoms with Crippen molar-refractivity contribution in [1.29, 1.82) is 0 Å². The molecule has 3 heterocycles. The maximum Gasteiger partial charge on any atom is 0.317 e. The van der Waals surface area contributed by atoms with Crippen molar-refractivity contribution in [3.8, 4) is 5.75 Å². The molecular formula is C20H20ClFN4O3. The minimum Gasteiger partial charge on any atom is -0.424 e. The van der Waals surface area contributed by atoms with E-state index >= 15 is 0 Å². The fourth-order valence-electron chi connectivity index (χ4n) is 3.69. The summed E-state index contributed by atoms with van der Waals surface area (Å²) in [6, 6.07) is 6.52. The first kappa shape index (κ1) is 19.6. The van der Waals surface area contributed by atoms with Gasteiger partial charge in [0.2, 0.25) is 5.91 Å². The van der Waals surface area contributed by atoms with Gasteiger partial charge in [0.1, 0.15) is 5.82 Å². The number of aromatic nitrogens is 1. The third kappa shape index (κ3) is 4.33. The maximum atomic E-state index is 13.8. The number of fused-ring (bicyclic) bond motifs is 1. The second-order valence-corrected chi connectivity index (χ2v) is 7.65. The summed E-state index contributed by atoms with van der Waals surface area (Å²) in [5.74, 6) is -0.560. The van der Waals surface area contributed by atoms with E-state index in [0.29, 0.717) is 36.8 Å². The lowest BCUT2D eigenvalue weighted by molar-refractivity contribution is -0.131. The minimum absolute atomic E-state index is 0.104. The van der Waals surface area contributed by atoms with Gasteiger partial charge in [-0.1, -0.05) is 11.6 Å². The van der Waals surface area contributed by atoms with Gasteiger partial charge in [-0.15, -0.1) is 0 Å². The molecule has 1 aromatic carbocycles. The number of carbonyl (C=O) groups is 2. The smallest absolute Gasteiger partial charge is 0.317 e. The number of benzene rings is 1. The number of ether oxygens (including phenoxy) is 1. The van der Waals surface area contributed by atoms with E-state index in [1.165, 1.54) is 12.3 Å². The van der Waals surface area contributed by atoms with Crippen LogP contribution in [0.15, 0.2) is 30.5 Å². The molecule has 9 heteroatoms. The van der Waals surface area contributed by atoms with Crippen LogP contribution in [0.5, 0.6) is 5.75 Å². The number of nitrogens with one attached hydrogen (secondary N) is 1. The molecule has 7 nitrogen and oxygen atoms in total. The van der Waals surface area contributed by atoms with Gasteiger partial charge in [0.25, 0.3) is 0 Å². The zero-order valence-electron chi connectivity index (χ0n) is 15.8. The summed E-state index contributed by atoms with van der Waals surface area (Å²) in [6.07, 6.45) is 1.68. The lowest BCUT2D eigenvalue weighted by atomic mass is 10.1. The average molecular weight is 419 g/mol. The highest BCUT2D eigenvalue weighted by molar-refractivity contribution is 6.30. The third-order valence-electron chi connectivity index (χ3n) is 5.06. The summed E-state index contributed by atoms with van der Waals surface area (Å²) in [5, 5.41) is 2.90. The molecule has 2 aromatic rings. The summed E-state index contributed by atoms with van der Waals surface area (Å²) in [4.78, 5) is 32.0. The van der Waals surface area contributed by atoms with Gasteiger partial charge >= 0.3 is 5.97 Å². The third-order valence-corrected chi connectivity index (χ3v) is 5.37. The van der Waals surface area contributed by atoms with Gasteiger partial charge in [-0.3, -0.25) is 19.5 Å². The predicted molar refractivity (Wildman–Crippen MR) is 107 cm³/mol. The first-order chi connectivity index (χ1) is 13.9. The molecule has 0 spiro atoms. The Morgan fingerprint density at radius 3 is 2.97 bits per heavy atom. The summed E-state index contributed by atoms with van der Waals surface area (Å²) >= 11 is 5.77. The Labute approximate surface area is 172 Å². The van der Waals surface area contributed by atoms with E-state index in [-0.39, 0.29) is 35.9 Å². The predicted octanol–water partition coefficient (Wildman–Crippen LogP) is 2.48. The fourth-order valence-corrected chi connectivity index (χ4v) is 3.80. The van der Waals surface area contributed by atoms with E-state index in [1.807, 2.05) is 11.8 Å². The van der Waals surface area contributed by atoms with Crippen molar-refractivity contribution in [2.75, 3.05) is 36.4 Å². The van der Waals surface area contributed by atoms with E-state index in [2.05, 4.69) is 15.2 Å². The first-order valence-electron chi connectivity index (χ1n) is 9.32. The van der Waals surface area contributed by atoms with Crippen molar-refractivity contribution in [3.05, 3.63) is 47.0 Å². The van der Waals surface area contributed by atoms with E-state index in [9.17, 15) is 14.0 Å². The molecule has 0 aliphatic carbocycles. The SMILES string of the molecule is C[C@@H]1CN(CC(=O)Nc2cnc3c(c2)OC(=O)C3)CCN1c1ccc(Cl)c(F)c1. The number of halogens is 2. The summed E-state index contributed by atoms with van der Waals surface area (Å²) in [5.41, 5.74) is 1.85. The largest absolute Gasteiger partial charge is 0.424 e. The van der Waals surface area contributed by atoms with Crippen molar-refractivity contribution >= 4 is 34.9 Å². The van der Waals surface area contributed by atoms with Crippen LogP contribution in [-0.2, 0) is 16.0 Å². The number of esters is 1. The molecule has 1 fully saturated rings. The monoisotopic (exact) mass is 418 g/mol. The van der Waals surface area contributed by atoms with Crippen molar-refractivity contribution in [2.45, 2.75) is 19.4 Å². The number of nitrogens with zero attached hydrogens (tertiary/aromatic N) is 3. The lowest BCUT2D eigenvalue weighted by Gasteiger charge is -2.41. The van der Waals surface area contributed by atoms with Crippen LogP contribution in [0.1, 0.15) is 12.6 Å². The van der Waals surface area contributed by atoms with Crippen molar-refractivity contribution in [1.82, 2.24) is 9.88 Å². The Balaban J connectivity index is 1.33. The molecule has 1 N–H and O–H groups in total. The van der Waals surface area contributed by atoms with Crippen LogP contribution in [0.2, 0.25) is 5.02 Å². The van der Waals surface area contributed by atoms with Gasteiger partial charge in [0, 0.05) is 37.4 Å². The molecule has 0 bridgehead atoms. The van der Waals surface area contributed by atoms with Crippen molar-refractivity contribution in [2.24, 2.45) is 0 Å². The Morgan fingerprint density at radius 1 is 1.38 bits per heavy atom. The van der Waals surface area contributed by atoms with E-state index in [0.717, 1.165) is 5.69 Å². The second-order valence-electron chi connectivity index (χ2n) is 7.24. The highest BCUT2D eigenvalue weighted by atomic mass is 35.5. The van der Waals surface area contributed by atoms with Crippen LogP contribution in [0.4, 0.5) is 15.8 Å². The van der Waals surface area contributed by atoms with Gasteiger partial charge < -0.3 is 15.0 Å². The normalized spacial score (nSPS) is 19.1. The van der Waals surface area contributed by atoms with Crippen LogP contribution in [0, 0.1) is 5.82 Å². The van der Waals surface area contributed by atoms with Gasteiger partial charge in [-0.05, 0) is 25.1 Å². The Kier molecular flexibility index (Phi) is 5.38. The molecule has 1 amide bonds. The van der Waals surface area contributed by atoms with E-state index in [1.54, 1.807) is 18.2 Å². The molecule has 1 atom stereocenters. The molecule has 2 aliphatic rings. The minimum atomic E-state index is -0.438. The van der Waals surface area contributed by atoms with Gasteiger partial charge in [0.15, 0.2) is 5.75 Å². The molecule has 152 valence electrons. The van der Waals surface area contributed by atoms with E-state index < -0.39 is 5.82 Å². The van der Waals surface area contributed by atoms with Crippen molar-refractivity contribution in [3.63, 3.8) is 0 Å². The molecule has 1 aromatic heterocycles. The molecule has 0 saturated carbocycles. The number of hydrogen-bond acceptors (Lipinski definition) is 6. The van der Waals surface area contributed by atoms with Crippen molar-refractivity contribution < 1.29 is 18.7 Å². The molecular weight excluding hydrogens is 399 g/mol. The Morgan fingerprint density at radius 2 is 2.21 bits per heavy atom. The average Bonchev–Trinajstić information content (AvgIpc) is 3.03. The molecule has 29 heavy (non-hydrogen) atoms. The molecule has 0 radical (unpaired) electrons. The fraction of sp³-hybridized carbons (Fsp3) is 0.350. The van der Waals surface area contributed by atoms with Crippen LogP contribution < -0.4 is 15.0 Å². The highest BCUT2D eigenvalue weighted by Gasteiger charge is 2.26. The highest BCUT2D eigenvalue weighted by Crippen LogP contribution is 2.27. The van der Waals surface area contributed by atoms with Crippen LogP contribution in [-0.4, -0.2) is 54.0 Å². The molecule has 4 rings (SSSR count). The van der Waals surface area contributed by atoms with Gasteiger partial charge in [-0.25, -0.2) is 4.39 Å². The topological polar surface area (TPSA) is 74.8 Å². The van der Waals surface area contributed by atoms with E-state index in [4.69, 9.17) is 16.3 Å². The number of piperazine rings is 1. The maximum absolute atomic E-state index is 13.8. The number of amides is 1. The molecule has 2 aliphatic heterocycles. The van der Waals surface area contributed by atoms with Crippen LogP contribution in [0.25, 0.3) is 0 Å².